The van der Waals surface area contributed by atoms with Crippen molar-refractivity contribution >= 4 is 5.78 Å². The summed E-state index contributed by atoms with van der Waals surface area (Å²) in [6, 6.07) is 16.2. The Hall–Kier alpha value is -1.97. The van der Waals surface area contributed by atoms with Gasteiger partial charge < -0.3 is 9.64 Å². The highest BCUT2D eigenvalue weighted by molar-refractivity contribution is 6.04. The van der Waals surface area contributed by atoms with E-state index in [1.54, 1.807) is 0 Å². The van der Waals surface area contributed by atoms with E-state index in [9.17, 15) is 4.79 Å². The summed E-state index contributed by atoms with van der Waals surface area (Å²) in [5.41, 5.74) is 3.59. The summed E-state index contributed by atoms with van der Waals surface area (Å²) >= 11 is 0. The van der Waals surface area contributed by atoms with Crippen LogP contribution in [0.1, 0.15) is 46.0 Å². The number of ether oxygens (including phenoxy) is 1. The van der Waals surface area contributed by atoms with Crippen LogP contribution in [0.3, 0.4) is 0 Å². The molecule has 3 heteroatoms. The van der Waals surface area contributed by atoms with Gasteiger partial charge in [-0.05, 0) is 50.2 Å². The second-order valence-electron chi connectivity index (χ2n) is 6.73. The first-order valence-electron chi connectivity index (χ1n) is 8.19. The number of rotatable bonds is 4. The van der Waals surface area contributed by atoms with Gasteiger partial charge in [0.1, 0.15) is 11.7 Å². The molecule has 0 saturated heterocycles. The van der Waals surface area contributed by atoms with Gasteiger partial charge in [-0.25, -0.2) is 0 Å². The summed E-state index contributed by atoms with van der Waals surface area (Å²) in [6.45, 7) is 1.01. The number of fused-ring (bicyclic) bond motifs is 7. The summed E-state index contributed by atoms with van der Waals surface area (Å²) in [4.78, 5) is 15.0. The van der Waals surface area contributed by atoms with Gasteiger partial charge in [-0.3, -0.25) is 4.79 Å². The molecular weight excluding hydrogens is 286 g/mol. The summed E-state index contributed by atoms with van der Waals surface area (Å²) in [5, 5.41) is 0. The van der Waals surface area contributed by atoms with Crippen molar-refractivity contribution in [3.05, 3.63) is 70.8 Å². The van der Waals surface area contributed by atoms with Crippen molar-refractivity contribution in [3.8, 4) is 0 Å². The van der Waals surface area contributed by atoms with E-state index in [2.05, 4.69) is 31.1 Å². The van der Waals surface area contributed by atoms with Gasteiger partial charge in [0.15, 0.2) is 5.78 Å². The van der Waals surface area contributed by atoms with E-state index in [0.29, 0.717) is 0 Å². The first kappa shape index (κ1) is 14.6. The smallest absolute Gasteiger partial charge is 0.196 e. The van der Waals surface area contributed by atoms with Gasteiger partial charge in [0.2, 0.25) is 0 Å². The zero-order valence-electron chi connectivity index (χ0n) is 13.6. The van der Waals surface area contributed by atoms with Gasteiger partial charge in [0.05, 0.1) is 0 Å². The SMILES string of the molecule is CN(C)CCCC12OC(C(=O)c3ccccc31)c1ccccc12. The van der Waals surface area contributed by atoms with Crippen LogP contribution in [0.2, 0.25) is 0 Å². The second kappa shape index (κ2) is 5.29. The van der Waals surface area contributed by atoms with Crippen molar-refractivity contribution in [2.75, 3.05) is 20.6 Å². The zero-order chi connectivity index (χ0) is 16.0. The standard InChI is InChI=1S/C20H21NO2/c1-21(2)13-7-12-20-16-10-5-3-8-14(16)18(22)19(23-20)15-9-4-6-11-17(15)20/h3-6,8-11,19H,7,12-13H2,1-2H3. The second-order valence-corrected chi connectivity index (χ2v) is 6.73. The van der Waals surface area contributed by atoms with Crippen molar-refractivity contribution < 1.29 is 9.53 Å². The van der Waals surface area contributed by atoms with Crippen LogP contribution < -0.4 is 0 Å². The molecule has 0 radical (unpaired) electrons. The average Bonchev–Trinajstić information content (AvgIpc) is 2.86. The fourth-order valence-corrected chi connectivity index (χ4v) is 3.99. The van der Waals surface area contributed by atoms with Gasteiger partial charge in [-0.1, -0.05) is 48.5 Å². The molecule has 2 aromatic rings. The predicted octanol–water partition coefficient (Wildman–Crippen LogP) is 3.54. The molecule has 118 valence electrons. The highest BCUT2D eigenvalue weighted by Crippen LogP contribution is 2.55. The Bertz CT molecular complexity index is 768. The molecule has 0 amide bonds. The molecule has 0 N–H and O–H groups in total. The molecule has 0 spiro atoms. The van der Waals surface area contributed by atoms with Crippen LogP contribution in [0.5, 0.6) is 0 Å². The summed E-state index contributed by atoms with van der Waals surface area (Å²) in [5.74, 6) is 0.0915. The third-order valence-electron chi connectivity index (χ3n) is 5.00. The van der Waals surface area contributed by atoms with E-state index in [0.717, 1.165) is 36.1 Å². The van der Waals surface area contributed by atoms with E-state index in [1.165, 1.54) is 5.56 Å². The topological polar surface area (TPSA) is 29.5 Å². The molecule has 0 aromatic heterocycles. The van der Waals surface area contributed by atoms with Crippen LogP contribution in [-0.4, -0.2) is 31.3 Å². The lowest BCUT2D eigenvalue weighted by Gasteiger charge is -2.36. The minimum Gasteiger partial charge on any atom is -0.349 e. The Morgan fingerprint density at radius 2 is 1.74 bits per heavy atom. The highest BCUT2D eigenvalue weighted by Gasteiger charge is 2.53. The Balaban J connectivity index is 1.86. The minimum absolute atomic E-state index is 0.0915. The number of nitrogens with zero attached hydrogens (tertiary/aromatic N) is 1. The largest absolute Gasteiger partial charge is 0.349 e. The Morgan fingerprint density at radius 1 is 1.04 bits per heavy atom. The van der Waals surface area contributed by atoms with Crippen LogP contribution in [-0.2, 0) is 10.3 Å². The number of hydrogen-bond donors (Lipinski definition) is 0. The van der Waals surface area contributed by atoms with Crippen LogP contribution in [0, 0.1) is 0 Å². The number of carbonyl (C=O) groups is 1. The van der Waals surface area contributed by atoms with Gasteiger partial charge in [-0.2, -0.15) is 0 Å². The molecule has 2 bridgehead atoms. The summed E-state index contributed by atoms with van der Waals surface area (Å²) in [7, 11) is 4.17. The van der Waals surface area contributed by atoms with Crippen LogP contribution in [0.15, 0.2) is 48.5 Å². The van der Waals surface area contributed by atoms with E-state index >= 15 is 0 Å². The van der Waals surface area contributed by atoms with Crippen molar-refractivity contribution in [1.29, 1.82) is 0 Å². The van der Waals surface area contributed by atoms with Crippen LogP contribution >= 0.6 is 0 Å². The summed E-state index contributed by atoms with van der Waals surface area (Å²) < 4.78 is 6.41. The van der Waals surface area contributed by atoms with Crippen LogP contribution in [0.25, 0.3) is 0 Å². The van der Waals surface area contributed by atoms with Crippen molar-refractivity contribution in [2.45, 2.75) is 24.5 Å². The van der Waals surface area contributed by atoms with E-state index in [4.69, 9.17) is 4.74 Å². The maximum absolute atomic E-state index is 12.8. The number of benzene rings is 2. The normalized spacial score (nSPS) is 24.7. The number of hydrogen-bond acceptors (Lipinski definition) is 3. The van der Waals surface area contributed by atoms with Gasteiger partial charge in [-0.15, -0.1) is 0 Å². The molecule has 2 atom stereocenters. The number of ketones is 1. The molecule has 0 aliphatic carbocycles. The predicted molar refractivity (Wildman–Crippen MR) is 89.6 cm³/mol. The fraction of sp³-hybridized carbons (Fsp3) is 0.350. The van der Waals surface area contributed by atoms with E-state index in [-0.39, 0.29) is 5.78 Å². The Kier molecular flexibility index (Phi) is 3.36. The molecule has 2 aliphatic rings. The van der Waals surface area contributed by atoms with Crippen LogP contribution in [0.4, 0.5) is 0 Å². The lowest BCUT2D eigenvalue weighted by atomic mass is 9.80. The summed E-state index contributed by atoms with van der Waals surface area (Å²) in [6.07, 6.45) is 1.47. The van der Waals surface area contributed by atoms with Crippen molar-refractivity contribution in [3.63, 3.8) is 0 Å². The van der Waals surface area contributed by atoms with Gasteiger partial charge in [0.25, 0.3) is 0 Å². The molecule has 4 rings (SSSR count). The zero-order valence-corrected chi connectivity index (χ0v) is 13.6. The lowest BCUT2D eigenvalue weighted by Crippen LogP contribution is -2.35. The quantitative estimate of drug-likeness (QED) is 0.865. The fourth-order valence-electron chi connectivity index (χ4n) is 3.99. The maximum atomic E-state index is 12.8. The maximum Gasteiger partial charge on any atom is 0.196 e. The van der Waals surface area contributed by atoms with E-state index in [1.807, 2.05) is 36.4 Å². The molecule has 2 unspecified atom stereocenters. The monoisotopic (exact) mass is 307 g/mol. The number of Topliss-reactive ketones (excluding diaryl/α,β-unsaturated/α-hetero) is 1. The molecule has 2 aliphatic heterocycles. The van der Waals surface area contributed by atoms with Gasteiger partial charge >= 0.3 is 0 Å². The highest BCUT2D eigenvalue weighted by atomic mass is 16.5. The first-order chi connectivity index (χ1) is 11.1. The molecule has 3 nitrogen and oxygen atoms in total. The first-order valence-corrected chi connectivity index (χ1v) is 8.19. The molecule has 23 heavy (non-hydrogen) atoms. The third kappa shape index (κ3) is 2.07. The van der Waals surface area contributed by atoms with Crippen molar-refractivity contribution in [1.82, 2.24) is 4.90 Å². The molecular formula is C20H21NO2. The minimum atomic E-state index is -0.470. The number of carbonyl (C=O) groups excluding carboxylic acids is 1. The Labute approximate surface area is 136 Å². The molecule has 2 aromatic carbocycles. The Morgan fingerprint density at radius 3 is 2.52 bits per heavy atom. The third-order valence-corrected chi connectivity index (χ3v) is 5.00. The van der Waals surface area contributed by atoms with Crippen molar-refractivity contribution in [2.24, 2.45) is 0 Å². The molecule has 0 saturated carbocycles. The van der Waals surface area contributed by atoms with Gasteiger partial charge in [0, 0.05) is 5.56 Å². The molecule has 2 heterocycles. The lowest BCUT2D eigenvalue weighted by molar-refractivity contribution is -0.0512. The molecule has 0 fully saturated rings. The van der Waals surface area contributed by atoms with E-state index < -0.39 is 11.7 Å². The average molecular weight is 307 g/mol.